The lowest BCUT2D eigenvalue weighted by Gasteiger charge is -2.19. The predicted molar refractivity (Wildman–Crippen MR) is 182 cm³/mol. The molecule has 0 bridgehead atoms. The van der Waals surface area contributed by atoms with E-state index in [0.717, 1.165) is 38.5 Å². The Labute approximate surface area is 277 Å². The van der Waals surface area contributed by atoms with E-state index in [0.29, 0.717) is 81.5 Å². The number of carbonyl (C=O) groups excluding carboxylic acids is 1. The zero-order chi connectivity index (χ0) is 32.8. The van der Waals surface area contributed by atoms with Crippen molar-refractivity contribution in [1.29, 1.82) is 0 Å². The number of benzene rings is 4. The summed E-state index contributed by atoms with van der Waals surface area (Å²) < 4.78 is 22.0. The van der Waals surface area contributed by atoms with Crippen LogP contribution in [0.4, 0.5) is 5.69 Å². The molecule has 10 nitrogen and oxygen atoms in total. The number of hydrogen-bond donors (Lipinski definition) is 3. The van der Waals surface area contributed by atoms with Gasteiger partial charge in [-0.3, -0.25) is 4.79 Å². The van der Waals surface area contributed by atoms with Gasteiger partial charge in [-0.25, -0.2) is 4.98 Å². The number of H-pyrrole nitrogens is 1. The predicted octanol–water partition coefficient (Wildman–Crippen LogP) is 5.80. The Kier molecular flexibility index (Phi) is 10.5. The number of aliphatic hydroxyl groups excluding tert-OH is 1. The largest absolute Gasteiger partial charge is 0.507 e. The molecule has 0 radical (unpaired) electrons. The van der Waals surface area contributed by atoms with Crippen LogP contribution in [-0.4, -0.2) is 91.4 Å². The van der Waals surface area contributed by atoms with Gasteiger partial charge in [0.25, 0.3) is 5.91 Å². The third kappa shape index (κ3) is 7.22. The first-order valence-corrected chi connectivity index (χ1v) is 16.2. The van der Waals surface area contributed by atoms with Gasteiger partial charge in [-0.1, -0.05) is 30.3 Å². The van der Waals surface area contributed by atoms with Crippen LogP contribution in [0.15, 0.2) is 66.7 Å². The van der Waals surface area contributed by atoms with E-state index >= 15 is 0 Å². The summed E-state index contributed by atoms with van der Waals surface area (Å²) in [6.45, 7) is 5.36. The normalized spacial score (nSPS) is 14.3. The lowest BCUT2D eigenvalue weighted by atomic mass is 9.92. The van der Waals surface area contributed by atoms with Crippen LogP contribution >= 0.6 is 11.6 Å². The third-order valence-corrected chi connectivity index (χ3v) is 8.59. The number of aryl methyl sites for hydroxylation is 1. The number of aliphatic hydroxyl groups is 1. The highest BCUT2D eigenvalue weighted by molar-refractivity contribution is 6.19. The minimum Gasteiger partial charge on any atom is -0.507 e. The van der Waals surface area contributed by atoms with Crippen molar-refractivity contribution < 1.29 is 34.0 Å². The van der Waals surface area contributed by atoms with Crippen LogP contribution in [0.5, 0.6) is 11.5 Å². The molecule has 3 N–H and O–H groups in total. The van der Waals surface area contributed by atoms with E-state index < -0.39 is 0 Å². The SMILES string of the molecule is Cc1cccc2c(O)cc3c(c12)[C@H](CCl)CN3C(=O)c1ccc2nc(-c3cccc(OCCOCCOCCOCCO)c3)[nH]c2c1. The molecule has 5 aromatic rings. The smallest absolute Gasteiger partial charge is 0.258 e. The number of nitrogens with zero attached hydrogens (tertiary/aromatic N) is 2. The summed E-state index contributed by atoms with van der Waals surface area (Å²) in [5.41, 5.74) is 5.56. The number of nitrogens with one attached hydrogen (secondary N) is 1. The molecule has 0 saturated carbocycles. The number of anilines is 1. The van der Waals surface area contributed by atoms with E-state index in [9.17, 15) is 9.90 Å². The van der Waals surface area contributed by atoms with Gasteiger partial charge in [-0.15, -0.1) is 11.6 Å². The average molecular weight is 660 g/mol. The number of ether oxygens (including phenoxy) is 4. The molecule has 47 heavy (non-hydrogen) atoms. The van der Waals surface area contributed by atoms with Crippen molar-refractivity contribution in [1.82, 2.24) is 9.97 Å². The summed E-state index contributed by atoms with van der Waals surface area (Å²) >= 11 is 6.43. The average Bonchev–Trinajstić information content (AvgIpc) is 3.68. The molecule has 6 rings (SSSR count). The fourth-order valence-corrected chi connectivity index (χ4v) is 6.26. The Morgan fingerprint density at radius 2 is 1.70 bits per heavy atom. The standard InChI is InChI=1S/C36H38ClN3O7/c1-23-4-2-7-28-32(42)20-31-34(33(23)28)26(21-37)22-40(31)36(43)25-8-9-29-30(19-25)39-35(38-29)24-5-3-6-27(18-24)47-17-16-46-15-14-45-13-12-44-11-10-41/h2-9,18-20,26,41-42H,10-17,21-22H2,1H3,(H,38,39)/t26-/m1/s1. The highest BCUT2D eigenvalue weighted by Crippen LogP contribution is 2.46. The number of halogens is 1. The Balaban J connectivity index is 1.11. The van der Waals surface area contributed by atoms with Gasteiger partial charge in [0.15, 0.2) is 0 Å². The number of imidazole rings is 1. The number of aromatic nitrogens is 2. The second-order valence-electron chi connectivity index (χ2n) is 11.3. The molecule has 1 aliphatic heterocycles. The number of carbonyl (C=O) groups is 1. The van der Waals surface area contributed by atoms with Crippen LogP contribution in [0.1, 0.15) is 27.4 Å². The van der Waals surface area contributed by atoms with Crippen molar-refractivity contribution in [3.63, 3.8) is 0 Å². The number of aromatic amines is 1. The van der Waals surface area contributed by atoms with E-state index in [4.69, 9.17) is 40.6 Å². The summed E-state index contributed by atoms with van der Waals surface area (Å²) in [4.78, 5) is 23.8. The number of aromatic hydroxyl groups is 1. The Hall–Kier alpha value is -4.19. The van der Waals surface area contributed by atoms with Gasteiger partial charge in [0.2, 0.25) is 0 Å². The van der Waals surface area contributed by atoms with Gasteiger partial charge >= 0.3 is 0 Å². The molecular weight excluding hydrogens is 622 g/mol. The molecule has 11 heteroatoms. The van der Waals surface area contributed by atoms with Gasteiger partial charge in [0.05, 0.1) is 63.0 Å². The van der Waals surface area contributed by atoms with Crippen LogP contribution in [0, 0.1) is 6.92 Å². The highest BCUT2D eigenvalue weighted by atomic mass is 35.5. The zero-order valence-electron chi connectivity index (χ0n) is 26.2. The Morgan fingerprint density at radius 3 is 2.47 bits per heavy atom. The zero-order valence-corrected chi connectivity index (χ0v) is 27.0. The van der Waals surface area contributed by atoms with E-state index in [1.165, 1.54) is 0 Å². The summed E-state index contributed by atoms with van der Waals surface area (Å²) in [5.74, 6) is 1.64. The third-order valence-electron chi connectivity index (χ3n) is 8.21. The molecule has 1 amide bonds. The second-order valence-corrected chi connectivity index (χ2v) is 11.7. The van der Waals surface area contributed by atoms with Gasteiger partial charge in [-0.2, -0.15) is 0 Å². The maximum Gasteiger partial charge on any atom is 0.258 e. The van der Waals surface area contributed by atoms with Crippen molar-refractivity contribution >= 4 is 45.0 Å². The minimum absolute atomic E-state index is 0.00467. The molecule has 0 saturated heterocycles. The van der Waals surface area contributed by atoms with Crippen molar-refractivity contribution in [3.05, 3.63) is 83.4 Å². The molecule has 0 aliphatic carbocycles. The van der Waals surface area contributed by atoms with E-state index in [-0.39, 0.29) is 24.2 Å². The molecule has 0 spiro atoms. The maximum atomic E-state index is 13.9. The first kappa shape index (κ1) is 32.7. The molecule has 0 fully saturated rings. The Morgan fingerprint density at radius 1 is 0.957 bits per heavy atom. The Bertz CT molecular complexity index is 1860. The lowest BCUT2D eigenvalue weighted by Crippen LogP contribution is -2.30. The van der Waals surface area contributed by atoms with Crippen molar-refractivity contribution in [2.45, 2.75) is 12.8 Å². The summed E-state index contributed by atoms with van der Waals surface area (Å²) in [5, 5.41) is 21.3. The fourth-order valence-electron chi connectivity index (χ4n) is 6.01. The molecule has 4 aromatic carbocycles. The minimum atomic E-state index is -0.166. The first-order valence-electron chi connectivity index (χ1n) is 15.7. The van der Waals surface area contributed by atoms with Gasteiger partial charge in [-0.05, 0) is 53.8 Å². The number of phenolic OH excluding ortho intramolecular Hbond substituents is 1. The number of alkyl halides is 1. The van der Waals surface area contributed by atoms with Crippen LogP contribution in [0.3, 0.4) is 0 Å². The van der Waals surface area contributed by atoms with Crippen LogP contribution in [-0.2, 0) is 14.2 Å². The summed E-state index contributed by atoms with van der Waals surface area (Å²) in [6, 6.07) is 20.6. The number of rotatable bonds is 15. The molecular formula is C36H38ClN3O7. The molecule has 2 heterocycles. The quantitative estimate of drug-likeness (QED) is 0.0951. The number of phenols is 1. The summed E-state index contributed by atoms with van der Waals surface area (Å²) in [6.07, 6.45) is 0. The fraction of sp³-hybridized carbons (Fsp3) is 0.333. The topological polar surface area (TPSA) is 126 Å². The monoisotopic (exact) mass is 659 g/mol. The highest BCUT2D eigenvalue weighted by Gasteiger charge is 2.35. The van der Waals surface area contributed by atoms with Crippen molar-refractivity contribution in [3.8, 4) is 22.9 Å². The molecule has 1 atom stereocenters. The number of fused-ring (bicyclic) bond motifs is 4. The van der Waals surface area contributed by atoms with E-state index in [1.807, 2.05) is 61.5 Å². The van der Waals surface area contributed by atoms with Crippen molar-refractivity contribution in [2.24, 2.45) is 0 Å². The van der Waals surface area contributed by atoms with Crippen LogP contribution in [0.2, 0.25) is 0 Å². The summed E-state index contributed by atoms with van der Waals surface area (Å²) in [7, 11) is 0. The molecule has 246 valence electrons. The lowest BCUT2D eigenvalue weighted by molar-refractivity contribution is 0.00361. The van der Waals surface area contributed by atoms with Crippen molar-refractivity contribution in [2.75, 3.05) is 70.2 Å². The van der Waals surface area contributed by atoms with Crippen LogP contribution in [0.25, 0.3) is 33.2 Å². The number of hydrogen-bond acceptors (Lipinski definition) is 8. The van der Waals surface area contributed by atoms with Gasteiger partial charge < -0.3 is 39.0 Å². The molecule has 0 unspecified atom stereocenters. The number of amides is 1. The van der Waals surface area contributed by atoms with Gasteiger partial charge in [0.1, 0.15) is 23.9 Å². The van der Waals surface area contributed by atoms with E-state index in [1.54, 1.807) is 17.0 Å². The van der Waals surface area contributed by atoms with Crippen LogP contribution < -0.4 is 9.64 Å². The van der Waals surface area contributed by atoms with Gasteiger partial charge in [0, 0.05) is 40.9 Å². The first-order chi connectivity index (χ1) is 23.0. The molecule has 1 aromatic heterocycles. The maximum absolute atomic E-state index is 13.9. The van der Waals surface area contributed by atoms with E-state index in [2.05, 4.69) is 4.98 Å². The second kappa shape index (κ2) is 15.1. The molecule has 1 aliphatic rings.